The van der Waals surface area contributed by atoms with Crippen molar-refractivity contribution in [2.45, 2.75) is 27.7 Å². The molecule has 5 heterocycles. The summed E-state index contributed by atoms with van der Waals surface area (Å²) in [6.45, 7) is 6.35. The molecule has 7 aromatic rings. The highest BCUT2D eigenvalue weighted by Gasteiger charge is 2.24. The second kappa shape index (κ2) is 24.1. The second-order valence-corrected chi connectivity index (χ2v) is 16.9. The molecule has 76 heavy (non-hydrogen) atoms. The Bertz CT molecular complexity index is 3100. The number of hydrogen-bond donors (Lipinski definition) is 2. The number of H-pyrrole nitrogens is 2. The summed E-state index contributed by atoms with van der Waals surface area (Å²) in [6, 6.07) is 37.2. The van der Waals surface area contributed by atoms with E-state index in [-0.39, 0.29) is 52.9 Å². The molecule has 9 rings (SSSR count). The fraction of sp³-hybridized carbons (Fsp3) is 0.200. The summed E-state index contributed by atoms with van der Waals surface area (Å²) in [5, 5.41) is 0. The predicted octanol–water partition coefficient (Wildman–Crippen LogP) is 11.1. The molecule has 0 fully saturated rings. The van der Waals surface area contributed by atoms with Gasteiger partial charge in [-0.1, -0.05) is 72.8 Å². The molecule has 0 saturated carbocycles. The highest BCUT2D eigenvalue weighted by atomic mass is 16.6. The number of rotatable bonds is 20. The van der Waals surface area contributed by atoms with Crippen LogP contribution in [0.4, 0.5) is 0 Å². The Balaban J connectivity index is 1.40. The Morgan fingerprint density at radius 3 is 0.789 bits per heavy atom. The van der Waals surface area contributed by atoms with Gasteiger partial charge in [0, 0.05) is 66.6 Å². The molecular weight excluding hydrogens is 969 g/mol. The first-order valence-corrected chi connectivity index (χ1v) is 24.8. The smallest absolute Gasteiger partial charge is 0.344 e. The van der Waals surface area contributed by atoms with Crippen LogP contribution < -0.4 is 18.9 Å². The van der Waals surface area contributed by atoms with E-state index < -0.39 is 23.9 Å². The zero-order valence-electron chi connectivity index (χ0n) is 42.3. The van der Waals surface area contributed by atoms with Crippen molar-refractivity contribution in [1.82, 2.24) is 19.9 Å². The molecule has 2 aliphatic heterocycles. The summed E-state index contributed by atoms with van der Waals surface area (Å²) in [6.07, 6.45) is 7.61. The zero-order chi connectivity index (χ0) is 53.0. The highest BCUT2D eigenvalue weighted by molar-refractivity contribution is 6.02. The average Bonchev–Trinajstić information content (AvgIpc) is 4.30. The van der Waals surface area contributed by atoms with Crippen molar-refractivity contribution in [2.24, 2.45) is 0 Å². The lowest BCUT2D eigenvalue weighted by Gasteiger charge is -2.14. The van der Waals surface area contributed by atoms with Crippen LogP contribution in [0.15, 0.2) is 121 Å². The number of para-hydroxylation sites is 4. The summed E-state index contributed by atoms with van der Waals surface area (Å²) in [4.78, 5) is 69.1. The number of carbonyl (C=O) groups is 4. The molecule has 4 aromatic carbocycles. The van der Waals surface area contributed by atoms with Crippen molar-refractivity contribution >= 4 is 70.2 Å². The van der Waals surface area contributed by atoms with Gasteiger partial charge in [-0.15, -0.1) is 0 Å². The first-order valence-electron chi connectivity index (χ1n) is 24.8. The number of esters is 4. The van der Waals surface area contributed by atoms with E-state index in [1.165, 1.54) is 0 Å². The lowest BCUT2D eigenvalue weighted by atomic mass is 10.0. The van der Waals surface area contributed by atoms with Crippen molar-refractivity contribution in [2.75, 3.05) is 52.9 Å². The highest BCUT2D eigenvalue weighted by Crippen LogP contribution is 2.44. The molecule has 16 nitrogen and oxygen atoms in total. The number of nitrogens with one attached hydrogen (secondary N) is 2. The van der Waals surface area contributed by atoms with Gasteiger partial charge in [-0.05, 0) is 101 Å². The zero-order valence-corrected chi connectivity index (χ0v) is 42.3. The molecular formula is C60H54N4O12. The molecule has 3 aromatic heterocycles. The van der Waals surface area contributed by atoms with Crippen LogP contribution in [-0.2, 0) is 38.1 Å². The quantitative estimate of drug-likeness (QED) is 0.0539. The monoisotopic (exact) mass is 1020 g/mol. The minimum atomic E-state index is -0.526. The standard InChI is InChI=1S/C60H54N4O12/c1-5-69-53(65)33-73-49-21-13-9-17-37(49)57-41-25-27-43(61-41)58(38-18-10-14-22-50(38)74-34-54(66)70-6-2)45-29-31-47(63-45)60(40-20-12-16-24-52(40)76-36-56(68)72-8-4)48-32-30-46(64-48)59(44-28-26-42(57)62-44)39-19-11-15-23-51(39)75-35-55(67)71-7-3/h9-32,61,64H,5-8,33-36H2,1-4H3. The van der Waals surface area contributed by atoms with Crippen LogP contribution in [0.1, 0.15) is 50.5 Å². The fourth-order valence-corrected chi connectivity index (χ4v) is 8.89. The van der Waals surface area contributed by atoms with E-state index in [0.29, 0.717) is 112 Å². The number of carbonyl (C=O) groups excluding carboxylic acids is 4. The van der Waals surface area contributed by atoms with E-state index in [0.717, 1.165) is 0 Å². The van der Waals surface area contributed by atoms with Crippen LogP contribution >= 0.6 is 0 Å². The number of ether oxygens (including phenoxy) is 8. The lowest BCUT2D eigenvalue weighted by Crippen LogP contribution is -2.15. The summed E-state index contributed by atoms with van der Waals surface area (Å²) in [5.41, 5.74) is 9.57. The molecule has 386 valence electrons. The van der Waals surface area contributed by atoms with Crippen LogP contribution in [0.3, 0.4) is 0 Å². The van der Waals surface area contributed by atoms with Crippen LogP contribution in [-0.4, -0.2) is 96.7 Å². The number of aromatic nitrogens is 4. The van der Waals surface area contributed by atoms with Crippen molar-refractivity contribution in [3.05, 3.63) is 144 Å². The number of nitrogens with zero attached hydrogens (tertiary/aromatic N) is 2. The van der Waals surface area contributed by atoms with Crippen LogP contribution in [0, 0.1) is 0 Å². The van der Waals surface area contributed by atoms with E-state index in [1.54, 1.807) is 52.0 Å². The first kappa shape index (κ1) is 51.5. The summed E-state index contributed by atoms with van der Waals surface area (Å²) in [5.74, 6) is -0.508. The molecule has 0 amide bonds. The predicted molar refractivity (Wildman–Crippen MR) is 289 cm³/mol. The Hall–Kier alpha value is -9.44. The van der Waals surface area contributed by atoms with Crippen LogP contribution in [0.5, 0.6) is 23.0 Å². The third kappa shape index (κ3) is 11.5. The van der Waals surface area contributed by atoms with E-state index >= 15 is 0 Å². The van der Waals surface area contributed by atoms with Gasteiger partial charge in [-0.25, -0.2) is 29.1 Å². The molecule has 0 aliphatic carbocycles. The van der Waals surface area contributed by atoms with Gasteiger partial charge in [0.1, 0.15) is 23.0 Å². The number of aromatic amines is 2. The molecule has 0 radical (unpaired) electrons. The van der Waals surface area contributed by atoms with Crippen LogP contribution in [0.2, 0.25) is 0 Å². The molecule has 2 N–H and O–H groups in total. The number of benzene rings is 4. The summed E-state index contributed by atoms with van der Waals surface area (Å²) < 4.78 is 45.7. The van der Waals surface area contributed by atoms with Gasteiger partial charge in [0.15, 0.2) is 26.4 Å². The van der Waals surface area contributed by atoms with Gasteiger partial charge >= 0.3 is 23.9 Å². The topological polar surface area (TPSA) is 199 Å². The first-order chi connectivity index (χ1) is 37.2. The van der Waals surface area contributed by atoms with Crippen LogP contribution in [0.25, 0.3) is 90.9 Å². The van der Waals surface area contributed by atoms with Gasteiger partial charge in [0.25, 0.3) is 0 Å². The van der Waals surface area contributed by atoms with Gasteiger partial charge in [0.05, 0.1) is 49.2 Å². The van der Waals surface area contributed by atoms with Crippen molar-refractivity contribution < 1.29 is 57.1 Å². The Morgan fingerprint density at radius 1 is 0.342 bits per heavy atom. The van der Waals surface area contributed by atoms with Gasteiger partial charge in [-0.3, -0.25) is 0 Å². The lowest BCUT2D eigenvalue weighted by molar-refractivity contribution is -0.146. The van der Waals surface area contributed by atoms with E-state index in [4.69, 9.17) is 47.9 Å². The van der Waals surface area contributed by atoms with Gasteiger partial charge in [0.2, 0.25) is 0 Å². The SMILES string of the molecule is CCOC(=O)COc1ccccc1-c1c2nc(c(-c3ccccc3OCC(=O)OCC)c3ccc([nH]3)c(-c3ccccc3OCC(=O)OCC)c3nc(c(-c4ccccc4OCC(=O)OCC)c4ccc1[nH]4)C=C3)C=C2. The van der Waals surface area contributed by atoms with E-state index in [2.05, 4.69) is 9.97 Å². The molecule has 2 aliphatic rings. The van der Waals surface area contributed by atoms with Gasteiger partial charge < -0.3 is 47.9 Å². The normalized spacial score (nSPS) is 11.4. The fourth-order valence-electron chi connectivity index (χ4n) is 8.89. The van der Waals surface area contributed by atoms with E-state index in [1.807, 2.05) is 121 Å². The van der Waals surface area contributed by atoms with E-state index in [9.17, 15) is 19.2 Å². The number of fused-ring (bicyclic) bond motifs is 8. The third-order valence-corrected chi connectivity index (χ3v) is 12.0. The molecule has 0 spiro atoms. The van der Waals surface area contributed by atoms with Gasteiger partial charge in [-0.2, -0.15) is 0 Å². The molecule has 0 unspecified atom stereocenters. The molecule has 8 bridgehead atoms. The molecule has 0 atom stereocenters. The Kier molecular flexibility index (Phi) is 16.3. The Labute approximate surface area is 437 Å². The van der Waals surface area contributed by atoms with Crippen molar-refractivity contribution in [3.8, 4) is 67.5 Å². The molecule has 0 saturated heterocycles. The summed E-state index contributed by atoms with van der Waals surface area (Å²) >= 11 is 0. The minimum absolute atomic E-state index is 0.193. The maximum Gasteiger partial charge on any atom is 0.344 e. The summed E-state index contributed by atoms with van der Waals surface area (Å²) in [7, 11) is 0. The maximum atomic E-state index is 12.7. The second-order valence-electron chi connectivity index (χ2n) is 16.9. The number of hydrogen-bond acceptors (Lipinski definition) is 14. The third-order valence-electron chi connectivity index (χ3n) is 12.0. The maximum absolute atomic E-state index is 12.7. The van der Waals surface area contributed by atoms with Crippen molar-refractivity contribution in [1.29, 1.82) is 0 Å². The van der Waals surface area contributed by atoms with Crippen molar-refractivity contribution in [3.63, 3.8) is 0 Å². The molecule has 16 heteroatoms. The Morgan fingerprint density at radius 2 is 0.566 bits per heavy atom. The minimum Gasteiger partial charge on any atom is -0.481 e. The largest absolute Gasteiger partial charge is 0.481 e. The average molecular weight is 1020 g/mol.